The van der Waals surface area contributed by atoms with E-state index in [0.717, 1.165) is 25.2 Å². The molecule has 0 amide bonds. The number of nitriles is 1. The molecule has 0 saturated heterocycles. The van der Waals surface area contributed by atoms with Crippen LogP contribution in [0.2, 0.25) is 0 Å². The van der Waals surface area contributed by atoms with Crippen LogP contribution in [0.1, 0.15) is 72.1 Å². The van der Waals surface area contributed by atoms with Gasteiger partial charge >= 0.3 is 0 Å². The molecule has 114 valence electrons. The van der Waals surface area contributed by atoms with E-state index in [2.05, 4.69) is 32.2 Å². The standard InChI is InChI=1S/C17H30N2O/c1-4-14-6-5-7-15(10-14)20-16-8-9-17(11-16,12-18)19-13(2)3/h13-16,19H,4-11H2,1-3H3. The molecule has 2 aliphatic rings. The molecule has 2 rings (SSSR count). The third-order valence-electron chi connectivity index (χ3n) is 4.95. The summed E-state index contributed by atoms with van der Waals surface area (Å²) in [6.07, 6.45) is 9.93. The van der Waals surface area contributed by atoms with Gasteiger partial charge in [0, 0.05) is 12.5 Å². The Morgan fingerprint density at radius 1 is 1.30 bits per heavy atom. The number of nitrogens with one attached hydrogen (secondary N) is 1. The van der Waals surface area contributed by atoms with Gasteiger partial charge in [-0.2, -0.15) is 5.26 Å². The summed E-state index contributed by atoms with van der Waals surface area (Å²) in [5.41, 5.74) is -0.350. The van der Waals surface area contributed by atoms with Gasteiger partial charge in [-0.1, -0.05) is 26.2 Å². The molecule has 4 unspecified atom stereocenters. The smallest absolute Gasteiger partial charge is 0.109 e. The summed E-state index contributed by atoms with van der Waals surface area (Å²) in [6.45, 7) is 6.51. The minimum absolute atomic E-state index is 0.279. The summed E-state index contributed by atoms with van der Waals surface area (Å²) in [6, 6.07) is 2.86. The first-order valence-corrected chi connectivity index (χ1v) is 8.41. The Balaban J connectivity index is 1.85. The molecule has 0 aromatic rings. The summed E-state index contributed by atoms with van der Waals surface area (Å²) in [5, 5.41) is 13.0. The molecule has 0 bridgehead atoms. The van der Waals surface area contributed by atoms with Crippen LogP contribution in [0.5, 0.6) is 0 Å². The predicted molar refractivity (Wildman–Crippen MR) is 81.4 cm³/mol. The average molecular weight is 278 g/mol. The lowest BCUT2D eigenvalue weighted by molar-refractivity contribution is -0.0390. The predicted octanol–water partition coefficient (Wildman–Crippen LogP) is 3.78. The van der Waals surface area contributed by atoms with Crippen LogP contribution in [0.15, 0.2) is 0 Å². The van der Waals surface area contributed by atoms with Crippen molar-refractivity contribution >= 4 is 0 Å². The Morgan fingerprint density at radius 2 is 2.10 bits per heavy atom. The van der Waals surface area contributed by atoms with Gasteiger partial charge in [0.15, 0.2) is 0 Å². The van der Waals surface area contributed by atoms with Crippen LogP contribution < -0.4 is 5.32 Å². The van der Waals surface area contributed by atoms with Gasteiger partial charge < -0.3 is 4.74 Å². The fraction of sp³-hybridized carbons (Fsp3) is 0.941. The quantitative estimate of drug-likeness (QED) is 0.832. The maximum absolute atomic E-state index is 9.50. The van der Waals surface area contributed by atoms with Crippen molar-refractivity contribution in [3.8, 4) is 6.07 Å². The number of hydrogen-bond donors (Lipinski definition) is 1. The Bertz CT molecular complexity index is 349. The molecule has 0 spiro atoms. The number of nitrogens with zero attached hydrogens (tertiary/aromatic N) is 1. The van der Waals surface area contributed by atoms with Gasteiger partial charge in [-0.15, -0.1) is 0 Å². The van der Waals surface area contributed by atoms with Gasteiger partial charge in [-0.25, -0.2) is 0 Å². The summed E-state index contributed by atoms with van der Waals surface area (Å²) < 4.78 is 6.33. The van der Waals surface area contributed by atoms with Gasteiger partial charge in [-0.3, -0.25) is 5.32 Å². The SMILES string of the molecule is CCC1CCCC(OC2CCC(C#N)(NC(C)C)C2)C1. The number of hydrogen-bond acceptors (Lipinski definition) is 3. The zero-order valence-corrected chi connectivity index (χ0v) is 13.3. The van der Waals surface area contributed by atoms with E-state index in [-0.39, 0.29) is 11.6 Å². The molecule has 0 heterocycles. The van der Waals surface area contributed by atoms with Crippen molar-refractivity contribution in [2.24, 2.45) is 5.92 Å². The van der Waals surface area contributed by atoms with Crippen molar-refractivity contribution in [3.05, 3.63) is 0 Å². The van der Waals surface area contributed by atoms with Crippen LogP contribution in [0.4, 0.5) is 0 Å². The minimum Gasteiger partial charge on any atom is -0.375 e. The Labute approximate surface area is 124 Å². The first-order valence-electron chi connectivity index (χ1n) is 8.41. The molecule has 2 fully saturated rings. The summed E-state index contributed by atoms with van der Waals surface area (Å²) in [4.78, 5) is 0. The van der Waals surface area contributed by atoms with E-state index in [1.165, 1.54) is 32.1 Å². The van der Waals surface area contributed by atoms with Crippen LogP contribution in [-0.2, 0) is 4.74 Å². The van der Waals surface area contributed by atoms with E-state index in [1.807, 2.05) is 0 Å². The molecule has 20 heavy (non-hydrogen) atoms. The molecule has 1 N–H and O–H groups in total. The fourth-order valence-corrected chi connectivity index (χ4v) is 3.94. The molecule has 0 aliphatic heterocycles. The number of rotatable bonds is 5. The Morgan fingerprint density at radius 3 is 2.75 bits per heavy atom. The highest BCUT2D eigenvalue weighted by Gasteiger charge is 2.41. The second-order valence-electron chi connectivity index (χ2n) is 7.06. The van der Waals surface area contributed by atoms with Crippen molar-refractivity contribution in [1.29, 1.82) is 5.26 Å². The highest BCUT2D eigenvalue weighted by Crippen LogP contribution is 2.36. The van der Waals surface area contributed by atoms with E-state index in [9.17, 15) is 5.26 Å². The largest absolute Gasteiger partial charge is 0.375 e. The fourth-order valence-electron chi connectivity index (χ4n) is 3.94. The lowest BCUT2D eigenvalue weighted by Crippen LogP contribution is -2.46. The molecule has 0 radical (unpaired) electrons. The zero-order chi connectivity index (χ0) is 14.6. The van der Waals surface area contributed by atoms with Crippen LogP contribution in [0, 0.1) is 17.2 Å². The third kappa shape index (κ3) is 3.96. The first-order chi connectivity index (χ1) is 9.57. The summed E-state index contributed by atoms with van der Waals surface area (Å²) >= 11 is 0. The van der Waals surface area contributed by atoms with Crippen molar-refractivity contribution in [3.63, 3.8) is 0 Å². The average Bonchev–Trinajstić information content (AvgIpc) is 2.82. The van der Waals surface area contributed by atoms with Crippen molar-refractivity contribution in [2.45, 2.75) is 95.9 Å². The van der Waals surface area contributed by atoms with E-state index in [1.54, 1.807) is 0 Å². The lowest BCUT2D eigenvalue weighted by atomic mass is 9.85. The Hall–Kier alpha value is -0.590. The number of ether oxygens (including phenoxy) is 1. The van der Waals surface area contributed by atoms with Gasteiger partial charge in [0.2, 0.25) is 0 Å². The molecule has 4 atom stereocenters. The highest BCUT2D eigenvalue weighted by atomic mass is 16.5. The van der Waals surface area contributed by atoms with Gasteiger partial charge in [0.05, 0.1) is 18.3 Å². The molecule has 2 aliphatic carbocycles. The van der Waals surface area contributed by atoms with Crippen LogP contribution in [0.25, 0.3) is 0 Å². The monoisotopic (exact) mass is 278 g/mol. The molecular weight excluding hydrogens is 248 g/mol. The molecular formula is C17H30N2O. The van der Waals surface area contributed by atoms with Gasteiger partial charge in [0.1, 0.15) is 5.54 Å². The molecule has 0 aromatic carbocycles. The van der Waals surface area contributed by atoms with Crippen molar-refractivity contribution in [1.82, 2.24) is 5.32 Å². The lowest BCUT2D eigenvalue weighted by Gasteiger charge is -2.31. The topological polar surface area (TPSA) is 45.0 Å². The van der Waals surface area contributed by atoms with E-state index in [4.69, 9.17) is 4.74 Å². The third-order valence-corrected chi connectivity index (χ3v) is 4.95. The Kier molecular flexibility index (Phi) is 5.46. The second kappa shape index (κ2) is 6.91. The van der Waals surface area contributed by atoms with Gasteiger partial charge in [0.25, 0.3) is 0 Å². The zero-order valence-electron chi connectivity index (χ0n) is 13.3. The van der Waals surface area contributed by atoms with E-state index < -0.39 is 0 Å². The normalized spacial score (nSPS) is 38.0. The molecule has 2 saturated carbocycles. The van der Waals surface area contributed by atoms with Crippen molar-refractivity contribution in [2.75, 3.05) is 0 Å². The maximum atomic E-state index is 9.50. The minimum atomic E-state index is -0.350. The van der Waals surface area contributed by atoms with Crippen molar-refractivity contribution < 1.29 is 4.74 Å². The molecule has 3 heteroatoms. The van der Waals surface area contributed by atoms with Crippen LogP contribution >= 0.6 is 0 Å². The second-order valence-corrected chi connectivity index (χ2v) is 7.06. The summed E-state index contributed by atoms with van der Waals surface area (Å²) in [7, 11) is 0. The highest BCUT2D eigenvalue weighted by molar-refractivity contribution is 5.12. The van der Waals surface area contributed by atoms with Crippen LogP contribution in [0.3, 0.4) is 0 Å². The molecule has 3 nitrogen and oxygen atoms in total. The maximum Gasteiger partial charge on any atom is 0.109 e. The molecule has 0 aromatic heterocycles. The van der Waals surface area contributed by atoms with Gasteiger partial charge in [-0.05, 0) is 45.4 Å². The first kappa shape index (κ1) is 15.8. The van der Waals surface area contributed by atoms with E-state index in [0.29, 0.717) is 12.1 Å². The van der Waals surface area contributed by atoms with Crippen LogP contribution in [-0.4, -0.2) is 23.8 Å². The summed E-state index contributed by atoms with van der Waals surface area (Å²) in [5.74, 6) is 0.852. The van der Waals surface area contributed by atoms with E-state index >= 15 is 0 Å².